The van der Waals surface area contributed by atoms with E-state index < -0.39 is 15.6 Å². The van der Waals surface area contributed by atoms with Crippen LogP contribution in [0.5, 0.6) is 0 Å². The Morgan fingerprint density at radius 1 is 0.786 bits per heavy atom. The molecule has 12 heteroatoms. The third-order valence-corrected chi connectivity index (χ3v) is 5.72. The van der Waals surface area contributed by atoms with Gasteiger partial charge in [0.25, 0.3) is 0 Å². The lowest BCUT2D eigenvalue weighted by Gasteiger charge is -2.15. The molecule has 0 heterocycles. The minimum absolute atomic E-state index is 0.0173. The molecule has 28 heavy (non-hydrogen) atoms. The van der Waals surface area contributed by atoms with Crippen LogP contribution in [0.1, 0.15) is 6.42 Å². The van der Waals surface area contributed by atoms with E-state index in [0.717, 1.165) is 0 Å². The molecule has 0 fully saturated rings. The molecule has 0 aromatic carbocycles. The van der Waals surface area contributed by atoms with Crippen LogP contribution < -0.4 is 10.6 Å². The number of carboxylic acid groups (broad SMARTS) is 1. The molecule has 164 valence electrons. The van der Waals surface area contributed by atoms with E-state index in [1.54, 1.807) is 0 Å². The summed E-state index contributed by atoms with van der Waals surface area (Å²) in [6.45, 7) is 3.13. The number of halogens is 2. The Balaban J connectivity index is 3.38. The van der Waals surface area contributed by atoms with E-state index in [4.69, 9.17) is 24.1 Å². The molecule has 0 saturated carbocycles. The number of carbonyl (C=O) groups excluding carboxylic acids is 2. The highest BCUT2D eigenvalue weighted by atomic mass is 79.9. The Kier molecular flexibility index (Phi) is 17.7. The maximum Gasteiger partial charge on any atom is 0.305 e. The van der Waals surface area contributed by atoms with Crippen LogP contribution >= 0.6 is 31.9 Å². The van der Waals surface area contributed by atoms with Gasteiger partial charge < -0.3 is 34.7 Å². The second-order valence-electron chi connectivity index (χ2n) is 5.30. The highest BCUT2D eigenvalue weighted by Gasteiger charge is 2.28. The smallest absolute Gasteiger partial charge is 0.305 e. The van der Waals surface area contributed by atoms with Gasteiger partial charge in [-0.1, -0.05) is 31.9 Å². The molecule has 0 saturated heterocycles. The number of aliphatic carboxylic acids is 1. The highest BCUT2D eigenvalue weighted by molar-refractivity contribution is 9.12. The molecular weight excluding hydrogens is 508 g/mol. The summed E-state index contributed by atoms with van der Waals surface area (Å²) in [4.78, 5) is 32.2. The van der Waals surface area contributed by atoms with E-state index in [9.17, 15) is 14.4 Å². The predicted molar refractivity (Wildman–Crippen MR) is 108 cm³/mol. The first-order valence-corrected chi connectivity index (χ1v) is 10.5. The standard InChI is InChI=1S/C16H28Br2N2O8/c1-19-15(23)13(17)14(18)16(24)20-3-5-26-7-9-28-11-10-27-8-6-25-4-2-12(21)22/h13-14H,2-11H2,1H3,(H,19,23)(H,20,24)(H,21,22). The Hall–Kier alpha value is -0.790. The maximum absolute atomic E-state index is 11.9. The second-order valence-corrected chi connectivity index (χ2v) is 7.28. The van der Waals surface area contributed by atoms with Gasteiger partial charge in [-0.05, 0) is 0 Å². The number of amides is 2. The zero-order valence-electron chi connectivity index (χ0n) is 15.8. The first kappa shape index (κ1) is 27.2. The minimum Gasteiger partial charge on any atom is -0.481 e. The molecule has 2 unspecified atom stereocenters. The molecule has 0 aromatic rings. The van der Waals surface area contributed by atoms with Crippen LogP contribution in [0.4, 0.5) is 0 Å². The van der Waals surface area contributed by atoms with Crippen LogP contribution in [0.2, 0.25) is 0 Å². The van der Waals surface area contributed by atoms with Gasteiger partial charge in [0.15, 0.2) is 0 Å². The summed E-state index contributed by atoms with van der Waals surface area (Å²) in [6.07, 6.45) is -0.0173. The average Bonchev–Trinajstić information content (AvgIpc) is 2.68. The van der Waals surface area contributed by atoms with E-state index in [1.165, 1.54) is 7.05 Å². The molecule has 0 bridgehead atoms. The summed E-state index contributed by atoms with van der Waals surface area (Å²) in [5.74, 6) is -1.49. The Morgan fingerprint density at radius 3 is 1.68 bits per heavy atom. The highest BCUT2D eigenvalue weighted by Crippen LogP contribution is 2.14. The zero-order chi connectivity index (χ0) is 21.2. The third kappa shape index (κ3) is 15.2. The van der Waals surface area contributed by atoms with E-state index in [2.05, 4.69) is 42.5 Å². The Bertz CT molecular complexity index is 456. The van der Waals surface area contributed by atoms with Crippen LogP contribution in [-0.4, -0.2) is 99.0 Å². The number of ether oxygens (including phenoxy) is 4. The number of hydrogen-bond acceptors (Lipinski definition) is 7. The van der Waals surface area contributed by atoms with Crippen molar-refractivity contribution in [3.63, 3.8) is 0 Å². The summed E-state index contributed by atoms with van der Waals surface area (Å²) >= 11 is 6.33. The molecule has 0 rings (SSSR count). The minimum atomic E-state index is -0.889. The summed E-state index contributed by atoms with van der Waals surface area (Å²) in [5.41, 5.74) is 0. The summed E-state index contributed by atoms with van der Waals surface area (Å²) in [5, 5.41) is 13.5. The molecule has 0 aromatic heterocycles. The Morgan fingerprint density at radius 2 is 1.21 bits per heavy atom. The van der Waals surface area contributed by atoms with Crippen molar-refractivity contribution < 1.29 is 38.4 Å². The molecule has 0 spiro atoms. The quantitative estimate of drug-likeness (QED) is 0.164. The number of hydrogen-bond donors (Lipinski definition) is 3. The van der Waals surface area contributed by atoms with Crippen molar-refractivity contribution in [2.45, 2.75) is 16.1 Å². The number of rotatable bonds is 18. The fourth-order valence-corrected chi connectivity index (χ4v) is 2.54. The van der Waals surface area contributed by atoms with Crippen molar-refractivity contribution >= 4 is 49.6 Å². The maximum atomic E-state index is 11.9. The molecular formula is C16H28Br2N2O8. The van der Waals surface area contributed by atoms with Gasteiger partial charge in [0, 0.05) is 13.6 Å². The van der Waals surface area contributed by atoms with Gasteiger partial charge in [-0.15, -0.1) is 0 Å². The number of carbonyl (C=O) groups is 3. The van der Waals surface area contributed by atoms with Crippen LogP contribution in [0.15, 0.2) is 0 Å². The summed E-state index contributed by atoms with van der Waals surface area (Å²) in [7, 11) is 1.50. The first-order chi connectivity index (χ1) is 13.4. The van der Waals surface area contributed by atoms with Crippen LogP contribution in [0, 0.1) is 0 Å². The first-order valence-electron chi connectivity index (χ1n) is 8.70. The van der Waals surface area contributed by atoms with Gasteiger partial charge in [0.2, 0.25) is 11.8 Å². The fourth-order valence-electron chi connectivity index (χ4n) is 1.67. The van der Waals surface area contributed by atoms with Crippen LogP contribution in [-0.2, 0) is 33.3 Å². The normalized spacial score (nSPS) is 13.0. The summed E-state index contributed by atoms with van der Waals surface area (Å²) in [6, 6.07) is 0. The predicted octanol–water partition coefficient (Wildman–Crippen LogP) is -0.0833. The fraction of sp³-hybridized carbons (Fsp3) is 0.812. The van der Waals surface area contributed by atoms with E-state index in [-0.39, 0.29) is 24.8 Å². The number of alkyl halides is 2. The van der Waals surface area contributed by atoms with E-state index in [0.29, 0.717) is 52.8 Å². The van der Waals surface area contributed by atoms with Gasteiger partial charge in [-0.25, -0.2) is 0 Å². The van der Waals surface area contributed by atoms with Gasteiger partial charge in [0.1, 0.15) is 9.65 Å². The lowest BCUT2D eigenvalue weighted by atomic mass is 10.3. The third-order valence-electron chi connectivity index (χ3n) is 3.13. The summed E-state index contributed by atoms with van der Waals surface area (Å²) < 4.78 is 21.0. The zero-order valence-corrected chi connectivity index (χ0v) is 19.0. The van der Waals surface area contributed by atoms with Gasteiger partial charge >= 0.3 is 5.97 Å². The number of nitrogens with one attached hydrogen (secondary N) is 2. The van der Waals surface area contributed by atoms with Crippen molar-refractivity contribution in [2.24, 2.45) is 0 Å². The monoisotopic (exact) mass is 534 g/mol. The molecule has 2 atom stereocenters. The molecule has 10 nitrogen and oxygen atoms in total. The van der Waals surface area contributed by atoms with Gasteiger partial charge in [-0.3, -0.25) is 14.4 Å². The SMILES string of the molecule is CNC(=O)C(Br)C(Br)C(=O)NCCOCCOCCOCCOCCC(=O)O. The van der Waals surface area contributed by atoms with Crippen molar-refractivity contribution in [1.29, 1.82) is 0 Å². The Labute approximate surface area is 181 Å². The largest absolute Gasteiger partial charge is 0.481 e. The van der Waals surface area contributed by atoms with Crippen molar-refractivity contribution in [1.82, 2.24) is 10.6 Å². The van der Waals surface area contributed by atoms with Gasteiger partial charge in [0.05, 0.1) is 59.3 Å². The molecule has 0 radical (unpaired) electrons. The van der Waals surface area contributed by atoms with Crippen molar-refractivity contribution in [3.05, 3.63) is 0 Å². The average molecular weight is 536 g/mol. The van der Waals surface area contributed by atoms with Crippen molar-refractivity contribution in [2.75, 3.05) is 66.4 Å². The topological polar surface area (TPSA) is 132 Å². The lowest BCUT2D eigenvalue weighted by molar-refractivity contribution is -0.138. The van der Waals surface area contributed by atoms with Gasteiger partial charge in [-0.2, -0.15) is 0 Å². The van der Waals surface area contributed by atoms with Crippen LogP contribution in [0.25, 0.3) is 0 Å². The molecule has 0 aliphatic rings. The molecule has 2 amide bonds. The lowest BCUT2D eigenvalue weighted by Crippen LogP contribution is -2.43. The van der Waals surface area contributed by atoms with E-state index in [1.807, 2.05) is 0 Å². The van der Waals surface area contributed by atoms with Crippen LogP contribution in [0.3, 0.4) is 0 Å². The second kappa shape index (κ2) is 18.3. The van der Waals surface area contributed by atoms with Crippen molar-refractivity contribution in [3.8, 4) is 0 Å². The number of carboxylic acids is 1. The molecule has 0 aliphatic carbocycles. The van der Waals surface area contributed by atoms with E-state index >= 15 is 0 Å². The molecule has 3 N–H and O–H groups in total. The molecule has 0 aliphatic heterocycles.